The molecule has 0 aliphatic heterocycles. The summed E-state index contributed by atoms with van der Waals surface area (Å²) in [6.45, 7) is 2.92. The Morgan fingerprint density at radius 2 is 1.66 bits per heavy atom. The summed E-state index contributed by atoms with van der Waals surface area (Å²) in [5.74, 6) is -0.432. The Hall–Kier alpha value is -2.88. The highest BCUT2D eigenvalue weighted by Gasteiger charge is 2.30. The summed E-state index contributed by atoms with van der Waals surface area (Å²) in [7, 11) is -3.61. The molecule has 220 valence electrons. The molecule has 3 aromatic rings. The largest absolute Gasteiger partial charge is 0.354 e. The number of carbonyl (C=O) groups excluding carboxylic acids is 2. The maximum absolute atomic E-state index is 13.9. The normalized spacial score (nSPS) is 12.0. The van der Waals surface area contributed by atoms with Crippen molar-refractivity contribution in [3.63, 3.8) is 0 Å². The summed E-state index contributed by atoms with van der Waals surface area (Å²) in [4.78, 5) is 29.0. The average molecular weight is 663 g/mol. The highest BCUT2D eigenvalue weighted by Crippen LogP contribution is 2.23. The molecule has 10 heteroatoms. The lowest BCUT2D eigenvalue weighted by atomic mass is 10.0. The van der Waals surface area contributed by atoms with Gasteiger partial charge in [0, 0.05) is 42.0 Å². The summed E-state index contributed by atoms with van der Waals surface area (Å²) in [5.41, 5.74) is 2.26. The van der Waals surface area contributed by atoms with E-state index >= 15 is 0 Å². The molecule has 0 radical (unpaired) electrons. The molecule has 0 spiro atoms. The molecule has 0 aromatic heterocycles. The number of rotatable bonds is 15. The van der Waals surface area contributed by atoms with Crippen molar-refractivity contribution in [1.82, 2.24) is 10.2 Å². The quantitative estimate of drug-likeness (QED) is 0.196. The van der Waals surface area contributed by atoms with Crippen molar-refractivity contribution in [2.24, 2.45) is 0 Å². The Bertz CT molecular complexity index is 1410. The van der Waals surface area contributed by atoms with E-state index in [2.05, 4.69) is 28.2 Å². The number of nitrogens with zero attached hydrogens (tertiary/aromatic N) is 2. The Labute approximate surface area is 257 Å². The molecule has 1 atom stereocenters. The van der Waals surface area contributed by atoms with Gasteiger partial charge in [0.05, 0.1) is 11.9 Å². The first-order chi connectivity index (χ1) is 19.6. The number of hydrogen-bond donors (Lipinski definition) is 1. The van der Waals surface area contributed by atoms with Crippen LogP contribution in [0.2, 0.25) is 5.02 Å². The first kappa shape index (κ1) is 32.6. The van der Waals surface area contributed by atoms with E-state index in [9.17, 15) is 18.0 Å². The molecule has 0 heterocycles. The van der Waals surface area contributed by atoms with E-state index in [1.54, 1.807) is 29.2 Å². The van der Waals surface area contributed by atoms with E-state index < -0.39 is 16.1 Å². The van der Waals surface area contributed by atoms with Crippen molar-refractivity contribution < 1.29 is 18.0 Å². The zero-order valence-corrected chi connectivity index (χ0v) is 26.6. The van der Waals surface area contributed by atoms with Crippen LogP contribution in [0.15, 0.2) is 83.3 Å². The van der Waals surface area contributed by atoms with E-state index in [1.165, 1.54) is 4.31 Å². The fourth-order valence-electron chi connectivity index (χ4n) is 4.53. The van der Waals surface area contributed by atoms with Gasteiger partial charge in [-0.2, -0.15) is 0 Å². The van der Waals surface area contributed by atoms with Crippen LogP contribution in [-0.2, 0) is 32.6 Å². The summed E-state index contributed by atoms with van der Waals surface area (Å²) >= 11 is 9.61. The Balaban J connectivity index is 1.87. The fraction of sp³-hybridized carbons (Fsp3) is 0.355. The van der Waals surface area contributed by atoms with Crippen molar-refractivity contribution in [2.45, 2.75) is 51.6 Å². The predicted octanol–water partition coefficient (Wildman–Crippen LogP) is 6.21. The van der Waals surface area contributed by atoms with Gasteiger partial charge >= 0.3 is 0 Å². The SMILES string of the molecule is CCCCNC(=O)C(Cc1ccccc1)N(Cc1cccc(Br)c1)C(=O)CCCN(c1cccc(Cl)c1)S(C)(=O)=O. The van der Waals surface area contributed by atoms with Crippen LogP contribution >= 0.6 is 27.5 Å². The van der Waals surface area contributed by atoms with Crippen LogP contribution < -0.4 is 9.62 Å². The maximum Gasteiger partial charge on any atom is 0.243 e. The molecule has 1 unspecified atom stereocenters. The van der Waals surface area contributed by atoms with Gasteiger partial charge in [0.2, 0.25) is 21.8 Å². The number of sulfonamides is 1. The predicted molar refractivity (Wildman–Crippen MR) is 169 cm³/mol. The molecule has 0 aliphatic carbocycles. The third kappa shape index (κ3) is 10.5. The summed E-state index contributed by atoms with van der Waals surface area (Å²) in [6, 6.07) is 23.2. The van der Waals surface area contributed by atoms with Crippen molar-refractivity contribution in [3.05, 3.63) is 99.5 Å². The van der Waals surface area contributed by atoms with Gasteiger partial charge in [-0.3, -0.25) is 13.9 Å². The monoisotopic (exact) mass is 661 g/mol. The van der Waals surface area contributed by atoms with Gasteiger partial charge in [0.25, 0.3) is 0 Å². The number of amides is 2. The molecule has 3 rings (SSSR count). The van der Waals surface area contributed by atoms with Crippen LogP contribution in [0.4, 0.5) is 5.69 Å². The lowest BCUT2D eigenvalue weighted by Gasteiger charge is -2.32. The number of benzene rings is 3. The Morgan fingerprint density at radius 3 is 2.32 bits per heavy atom. The number of nitrogens with one attached hydrogen (secondary N) is 1. The van der Waals surface area contributed by atoms with Gasteiger partial charge in [0.1, 0.15) is 6.04 Å². The van der Waals surface area contributed by atoms with Crippen molar-refractivity contribution in [1.29, 1.82) is 0 Å². The molecule has 0 aliphatic rings. The zero-order valence-electron chi connectivity index (χ0n) is 23.4. The second-order valence-electron chi connectivity index (χ2n) is 9.92. The number of unbranched alkanes of at least 4 members (excludes halogenated alkanes) is 1. The summed E-state index contributed by atoms with van der Waals surface area (Å²) < 4.78 is 27.3. The van der Waals surface area contributed by atoms with Crippen LogP contribution in [0.3, 0.4) is 0 Å². The lowest BCUT2D eigenvalue weighted by Crippen LogP contribution is -2.50. The Kier molecular flexibility index (Phi) is 12.7. The highest BCUT2D eigenvalue weighted by molar-refractivity contribution is 9.10. The minimum Gasteiger partial charge on any atom is -0.354 e. The van der Waals surface area contributed by atoms with E-state index in [4.69, 9.17) is 11.6 Å². The van der Waals surface area contributed by atoms with Gasteiger partial charge in [0.15, 0.2) is 0 Å². The first-order valence-electron chi connectivity index (χ1n) is 13.7. The first-order valence-corrected chi connectivity index (χ1v) is 16.7. The molecule has 7 nitrogen and oxygen atoms in total. The number of hydrogen-bond acceptors (Lipinski definition) is 4. The van der Waals surface area contributed by atoms with Gasteiger partial charge in [-0.05, 0) is 54.3 Å². The second kappa shape index (κ2) is 15.9. The average Bonchev–Trinajstić information content (AvgIpc) is 2.93. The molecular formula is C31H37BrClN3O4S. The number of anilines is 1. The standard InChI is InChI=1S/C31H37BrClN3O4S/c1-3-4-18-34-31(38)29(21-24-11-6-5-7-12-24)35(23-25-13-8-14-26(32)20-25)30(37)17-10-19-36(41(2,39)40)28-16-9-15-27(33)22-28/h5-9,11-16,20,22,29H,3-4,10,17-19,21,23H2,1-2H3,(H,34,38). The van der Waals surface area contributed by atoms with Crippen LogP contribution in [0, 0.1) is 0 Å². The van der Waals surface area contributed by atoms with Crippen LogP contribution in [0.5, 0.6) is 0 Å². The van der Waals surface area contributed by atoms with E-state index in [0.717, 1.165) is 34.7 Å². The van der Waals surface area contributed by atoms with Crippen LogP contribution in [-0.4, -0.2) is 50.5 Å². The lowest BCUT2D eigenvalue weighted by molar-refractivity contribution is -0.141. The van der Waals surface area contributed by atoms with Crippen molar-refractivity contribution in [2.75, 3.05) is 23.7 Å². The molecule has 0 fully saturated rings. The molecule has 0 saturated carbocycles. The molecule has 1 N–H and O–H groups in total. The number of carbonyl (C=O) groups is 2. The third-order valence-corrected chi connectivity index (χ3v) is 8.51. The third-order valence-electron chi connectivity index (χ3n) is 6.59. The van der Waals surface area contributed by atoms with Gasteiger partial charge in [-0.15, -0.1) is 0 Å². The minimum absolute atomic E-state index is 0.0636. The van der Waals surface area contributed by atoms with Gasteiger partial charge in [-0.1, -0.05) is 89.4 Å². The topological polar surface area (TPSA) is 86.8 Å². The fourth-order valence-corrected chi connectivity index (χ4v) is 6.12. The smallest absolute Gasteiger partial charge is 0.243 e. The van der Waals surface area contributed by atoms with E-state index in [-0.39, 0.29) is 37.7 Å². The highest BCUT2D eigenvalue weighted by atomic mass is 79.9. The van der Waals surface area contributed by atoms with Gasteiger partial charge < -0.3 is 10.2 Å². The summed E-state index contributed by atoms with van der Waals surface area (Å²) in [5, 5.41) is 3.44. The number of halogens is 2. The van der Waals surface area contributed by atoms with E-state index in [1.807, 2.05) is 54.6 Å². The molecule has 3 aromatic carbocycles. The molecule has 0 bridgehead atoms. The second-order valence-corrected chi connectivity index (χ2v) is 13.2. The summed E-state index contributed by atoms with van der Waals surface area (Å²) in [6.07, 6.45) is 3.60. The van der Waals surface area contributed by atoms with Crippen molar-refractivity contribution >= 4 is 55.1 Å². The van der Waals surface area contributed by atoms with Crippen molar-refractivity contribution in [3.8, 4) is 0 Å². The maximum atomic E-state index is 13.9. The Morgan fingerprint density at radius 1 is 0.951 bits per heavy atom. The molecule has 2 amide bonds. The molecular weight excluding hydrogens is 626 g/mol. The van der Waals surface area contributed by atoms with Crippen LogP contribution in [0.25, 0.3) is 0 Å². The van der Waals surface area contributed by atoms with E-state index in [0.29, 0.717) is 23.7 Å². The molecule has 41 heavy (non-hydrogen) atoms. The minimum atomic E-state index is -3.61. The van der Waals surface area contributed by atoms with Crippen LogP contribution in [0.1, 0.15) is 43.7 Å². The zero-order chi connectivity index (χ0) is 29.8. The van der Waals surface area contributed by atoms with Gasteiger partial charge in [-0.25, -0.2) is 8.42 Å². The molecule has 0 saturated heterocycles.